The first-order chi connectivity index (χ1) is 14.1. The van der Waals surface area contributed by atoms with Gasteiger partial charge in [-0.1, -0.05) is 12.1 Å². The number of halogens is 1. The molecule has 1 aromatic carbocycles. The van der Waals surface area contributed by atoms with Crippen molar-refractivity contribution in [2.75, 3.05) is 39.8 Å². The molecule has 30 heavy (non-hydrogen) atoms. The predicted octanol–water partition coefficient (Wildman–Crippen LogP) is 2.18. The second kappa shape index (κ2) is 11.6. The molecule has 2 N–H and O–H groups in total. The summed E-state index contributed by atoms with van der Waals surface area (Å²) >= 11 is 0. The summed E-state index contributed by atoms with van der Waals surface area (Å²) in [7, 11) is 1.62. The van der Waals surface area contributed by atoms with Gasteiger partial charge in [-0.2, -0.15) is 0 Å². The molecule has 2 amide bonds. The molecular formula is C21H28IN5O3. The predicted molar refractivity (Wildman–Crippen MR) is 126 cm³/mol. The van der Waals surface area contributed by atoms with Gasteiger partial charge in [-0.25, -0.2) is 4.99 Å². The minimum absolute atomic E-state index is 0. The van der Waals surface area contributed by atoms with E-state index in [1.54, 1.807) is 30.1 Å². The number of carbonyl (C=O) groups is 2. The molecule has 1 aliphatic rings. The van der Waals surface area contributed by atoms with E-state index in [1.807, 2.05) is 25.1 Å². The van der Waals surface area contributed by atoms with Crippen LogP contribution in [0.25, 0.3) is 0 Å². The van der Waals surface area contributed by atoms with Crippen LogP contribution >= 0.6 is 24.0 Å². The van der Waals surface area contributed by atoms with Crippen molar-refractivity contribution >= 4 is 41.8 Å². The Kier molecular flexibility index (Phi) is 9.15. The molecule has 2 heterocycles. The van der Waals surface area contributed by atoms with Crippen molar-refractivity contribution in [1.29, 1.82) is 0 Å². The maximum atomic E-state index is 12.4. The standard InChI is InChI=1S/C21H27N5O3.HI/c1-3-23-21(24-15-16-6-4-7-17(14-16)19(27)22-2)26-11-9-25(10-12-26)20(28)18-8-5-13-29-18;/h4-8,13-14H,3,9-12,15H2,1-2H3,(H,22,27)(H,23,24);1H. The summed E-state index contributed by atoms with van der Waals surface area (Å²) in [6.45, 7) is 5.85. The smallest absolute Gasteiger partial charge is 0.289 e. The third kappa shape index (κ3) is 5.97. The summed E-state index contributed by atoms with van der Waals surface area (Å²) in [6.07, 6.45) is 1.51. The Morgan fingerprint density at radius 1 is 1.10 bits per heavy atom. The van der Waals surface area contributed by atoms with Gasteiger partial charge in [-0.05, 0) is 36.8 Å². The van der Waals surface area contributed by atoms with Gasteiger partial charge in [0.25, 0.3) is 11.8 Å². The van der Waals surface area contributed by atoms with Crippen molar-refractivity contribution in [1.82, 2.24) is 20.4 Å². The van der Waals surface area contributed by atoms with Crippen molar-refractivity contribution in [3.63, 3.8) is 0 Å². The highest BCUT2D eigenvalue weighted by Crippen LogP contribution is 2.11. The minimum Gasteiger partial charge on any atom is -0.459 e. The molecule has 0 bridgehead atoms. The lowest BCUT2D eigenvalue weighted by Gasteiger charge is -2.36. The summed E-state index contributed by atoms with van der Waals surface area (Å²) in [6, 6.07) is 10.9. The second-order valence-electron chi connectivity index (χ2n) is 6.71. The minimum atomic E-state index is -0.111. The molecular weight excluding hydrogens is 497 g/mol. The third-order valence-electron chi connectivity index (χ3n) is 4.76. The molecule has 1 fully saturated rings. The number of benzene rings is 1. The summed E-state index contributed by atoms with van der Waals surface area (Å²) in [5.74, 6) is 0.987. The summed E-state index contributed by atoms with van der Waals surface area (Å²) < 4.78 is 5.21. The lowest BCUT2D eigenvalue weighted by atomic mass is 10.1. The zero-order valence-electron chi connectivity index (χ0n) is 17.3. The number of nitrogens with one attached hydrogen (secondary N) is 2. The van der Waals surface area contributed by atoms with Gasteiger partial charge in [0.15, 0.2) is 11.7 Å². The van der Waals surface area contributed by atoms with Gasteiger partial charge in [-0.15, -0.1) is 24.0 Å². The van der Waals surface area contributed by atoms with E-state index in [-0.39, 0.29) is 35.8 Å². The van der Waals surface area contributed by atoms with Crippen LogP contribution < -0.4 is 10.6 Å². The van der Waals surface area contributed by atoms with Crippen LogP contribution in [0.1, 0.15) is 33.4 Å². The van der Waals surface area contributed by atoms with Gasteiger partial charge in [0.05, 0.1) is 12.8 Å². The molecule has 0 radical (unpaired) electrons. The van der Waals surface area contributed by atoms with E-state index >= 15 is 0 Å². The van der Waals surface area contributed by atoms with Crippen molar-refractivity contribution in [2.45, 2.75) is 13.5 Å². The summed E-state index contributed by atoms with van der Waals surface area (Å²) in [4.78, 5) is 32.9. The van der Waals surface area contributed by atoms with Crippen molar-refractivity contribution < 1.29 is 14.0 Å². The molecule has 162 valence electrons. The Hall–Kier alpha value is -2.56. The van der Waals surface area contributed by atoms with Crippen LogP contribution in [0.2, 0.25) is 0 Å². The number of furan rings is 1. The topological polar surface area (TPSA) is 90.2 Å². The van der Waals surface area contributed by atoms with Crippen LogP contribution in [0.4, 0.5) is 0 Å². The molecule has 0 atom stereocenters. The molecule has 8 nitrogen and oxygen atoms in total. The van der Waals surface area contributed by atoms with Crippen molar-refractivity contribution in [3.8, 4) is 0 Å². The van der Waals surface area contributed by atoms with Crippen LogP contribution in [0.5, 0.6) is 0 Å². The van der Waals surface area contributed by atoms with Crippen LogP contribution in [0.3, 0.4) is 0 Å². The van der Waals surface area contributed by atoms with Crippen molar-refractivity contribution in [3.05, 3.63) is 59.5 Å². The van der Waals surface area contributed by atoms with Gasteiger partial charge in [-0.3, -0.25) is 9.59 Å². The molecule has 0 aliphatic carbocycles. The van der Waals surface area contributed by atoms with E-state index in [0.29, 0.717) is 44.0 Å². The Bertz CT molecular complexity index is 861. The van der Waals surface area contributed by atoms with Gasteiger partial charge in [0, 0.05) is 45.3 Å². The first kappa shape index (κ1) is 23.7. The van der Waals surface area contributed by atoms with Crippen LogP contribution in [-0.2, 0) is 6.54 Å². The zero-order chi connectivity index (χ0) is 20.6. The molecule has 3 rings (SSSR count). The molecule has 0 unspecified atom stereocenters. The Balaban J connectivity index is 0.00000320. The molecule has 1 aromatic heterocycles. The van der Waals surface area contributed by atoms with E-state index in [9.17, 15) is 9.59 Å². The highest BCUT2D eigenvalue weighted by atomic mass is 127. The largest absolute Gasteiger partial charge is 0.459 e. The number of carbonyl (C=O) groups excluding carboxylic acids is 2. The molecule has 9 heteroatoms. The number of hydrogen-bond acceptors (Lipinski definition) is 4. The number of guanidine groups is 1. The number of nitrogens with zero attached hydrogens (tertiary/aromatic N) is 3. The van der Waals surface area contributed by atoms with Crippen LogP contribution in [0, 0.1) is 0 Å². The summed E-state index contributed by atoms with van der Waals surface area (Å²) in [5, 5.41) is 5.95. The first-order valence-corrected chi connectivity index (χ1v) is 9.79. The van der Waals surface area contributed by atoms with E-state index in [4.69, 9.17) is 9.41 Å². The number of rotatable bonds is 5. The number of aliphatic imine (C=N–C) groups is 1. The quantitative estimate of drug-likeness (QED) is 0.355. The van der Waals surface area contributed by atoms with E-state index in [1.165, 1.54) is 6.26 Å². The number of piperazine rings is 1. The molecule has 0 saturated carbocycles. The Labute approximate surface area is 193 Å². The molecule has 1 saturated heterocycles. The average Bonchev–Trinajstić information content (AvgIpc) is 3.31. The lowest BCUT2D eigenvalue weighted by Crippen LogP contribution is -2.53. The highest BCUT2D eigenvalue weighted by Gasteiger charge is 2.25. The van der Waals surface area contributed by atoms with Gasteiger partial charge >= 0.3 is 0 Å². The van der Waals surface area contributed by atoms with E-state index in [2.05, 4.69) is 15.5 Å². The maximum absolute atomic E-state index is 12.4. The SMILES string of the molecule is CCNC(=NCc1cccc(C(=O)NC)c1)N1CCN(C(=O)c2ccco2)CC1.I. The summed E-state index contributed by atoms with van der Waals surface area (Å²) in [5.41, 5.74) is 1.59. The van der Waals surface area contributed by atoms with E-state index < -0.39 is 0 Å². The van der Waals surface area contributed by atoms with Gasteiger partial charge in [0.1, 0.15) is 0 Å². The van der Waals surface area contributed by atoms with E-state index in [0.717, 1.165) is 18.1 Å². The number of amides is 2. The number of hydrogen-bond donors (Lipinski definition) is 2. The Morgan fingerprint density at radius 3 is 2.47 bits per heavy atom. The average molecular weight is 525 g/mol. The van der Waals surface area contributed by atoms with Crippen LogP contribution in [0.15, 0.2) is 52.1 Å². The van der Waals surface area contributed by atoms with Gasteiger partial charge < -0.3 is 24.9 Å². The zero-order valence-corrected chi connectivity index (χ0v) is 19.6. The molecule has 1 aliphatic heterocycles. The second-order valence-corrected chi connectivity index (χ2v) is 6.71. The third-order valence-corrected chi connectivity index (χ3v) is 4.76. The molecule has 0 spiro atoms. The lowest BCUT2D eigenvalue weighted by molar-refractivity contribution is 0.0657. The van der Waals surface area contributed by atoms with Crippen molar-refractivity contribution in [2.24, 2.45) is 4.99 Å². The maximum Gasteiger partial charge on any atom is 0.289 e. The van der Waals surface area contributed by atoms with Gasteiger partial charge in [0.2, 0.25) is 0 Å². The highest BCUT2D eigenvalue weighted by molar-refractivity contribution is 14.0. The first-order valence-electron chi connectivity index (χ1n) is 9.79. The normalized spacial score (nSPS) is 14.1. The molecule has 2 aromatic rings. The fraction of sp³-hybridized carbons (Fsp3) is 0.381. The fourth-order valence-corrected chi connectivity index (χ4v) is 3.22. The monoisotopic (exact) mass is 525 g/mol. The van der Waals surface area contributed by atoms with Crippen LogP contribution in [-0.4, -0.2) is 67.3 Å². The fourth-order valence-electron chi connectivity index (χ4n) is 3.22. The Morgan fingerprint density at radius 2 is 1.83 bits per heavy atom.